The molecule has 0 fully saturated rings. The van der Waals surface area contributed by atoms with E-state index in [4.69, 9.17) is 5.26 Å². The third-order valence-electron chi connectivity index (χ3n) is 1.72. The van der Waals surface area contributed by atoms with Crippen molar-refractivity contribution < 1.29 is 0 Å². The molecule has 0 aromatic rings. The fourth-order valence-corrected chi connectivity index (χ4v) is 0.979. The molecule has 3 nitrogen and oxygen atoms in total. The average Bonchev–Trinajstić information content (AvgIpc) is 2.16. The minimum atomic E-state index is 0.610. The highest BCUT2D eigenvalue weighted by Gasteiger charge is 1.93. The van der Waals surface area contributed by atoms with Crippen LogP contribution in [0.2, 0.25) is 0 Å². The Morgan fingerprint density at radius 1 is 1.31 bits per heavy atom. The van der Waals surface area contributed by atoms with E-state index in [1.807, 2.05) is 6.92 Å². The quantitative estimate of drug-likeness (QED) is 0.372. The SMILES string of the molecule is CCCCCN/N=C(/C#N)CCC. The molecule has 1 N–H and O–H groups in total. The van der Waals surface area contributed by atoms with Crippen LogP contribution in [0.1, 0.15) is 46.0 Å². The molecule has 0 spiro atoms. The van der Waals surface area contributed by atoms with Gasteiger partial charge in [0.15, 0.2) is 0 Å². The van der Waals surface area contributed by atoms with E-state index < -0.39 is 0 Å². The van der Waals surface area contributed by atoms with Gasteiger partial charge in [-0.15, -0.1) is 0 Å². The summed E-state index contributed by atoms with van der Waals surface area (Å²) < 4.78 is 0. The summed E-state index contributed by atoms with van der Waals surface area (Å²) >= 11 is 0. The first kappa shape index (κ1) is 12.0. The minimum absolute atomic E-state index is 0.610. The minimum Gasteiger partial charge on any atom is -0.309 e. The van der Waals surface area contributed by atoms with E-state index in [0.29, 0.717) is 5.71 Å². The van der Waals surface area contributed by atoms with E-state index in [-0.39, 0.29) is 0 Å². The molecular formula is C10H19N3. The van der Waals surface area contributed by atoms with Gasteiger partial charge in [0.05, 0.1) is 0 Å². The number of hydrogen-bond acceptors (Lipinski definition) is 3. The number of nitriles is 1. The molecule has 0 atom stereocenters. The highest BCUT2D eigenvalue weighted by molar-refractivity contribution is 5.98. The first-order valence-corrected chi connectivity index (χ1v) is 5.04. The van der Waals surface area contributed by atoms with E-state index in [9.17, 15) is 0 Å². The van der Waals surface area contributed by atoms with E-state index in [2.05, 4.69) is 23.5 Å². The summed E-state index contributed by atoms with van der Waals surface area (Å²) in [6.45, 7) is 5.09. The van der Waals surface area contributed by atoms with Crippen LogP contribution in [0, 0.1) is 11.3 Å². The normalized spacial score (nSPS) is 11.0. The lowest BCUT2D eigenvalue weighted by atomic mass is 10.2. The molecule has 0 aliphatic rings. The third kappa shape index (κ3) is 7.32. The van der Waals surface area contributed by atoms with Crippen molar-refractivity contribution >= 4 is 5.71 Å². The van der Waals surface area contributed by atoms with Crippen molar-refractivity contribution in [3.05, 3.63) is 0 Å². The highest BCUT2D eigenvalue weighted by atomic mass is 15.3. The van der Waals surface area contributed by atoms with E-state index in [1.54, 1.807) is 0 Å². The summed E-state index contributed by atoms with van der Waals surface area (Å²) in [5.74, 6) is 0. The molecule has 0 aromatic heterocycles. The molecule has 74 valence electrons. The summed E-state index contributed by atoms with van der Waals surface area (Å²) in [4.78, 5) is 0. The zero-order valence-electron chi connectivity index (χ0n) is 8.64. The molecule has 0 aliphatic heterocycles. The zero-order chi connectivity index (χ0) is 9.94. The van der Waals surface area contributed by atoms with Gasteiger partial charge in [-0.05, 0) is 12.8 Å². The van der Waals surface area contributed by atoms with Crippen LogP contribution < -0.4 is 5.43 Å². The predicted molar refractivity (Wildman–Crippen MR) is 55.5 cm³/mol. The number of unbranched alkanes of at least 4 members (excludes halogenated alkanes) is 2. The van der Waals surface area contributed by atoms with Crippen molar-refractivity contribution in [1.82, 2.24) is 5.43 Å². The lowest BCUT2D eigenvalue weighted by Gasteiger charge is -1.99. The maximum atomic E-state index is 8.64. The number of hydrogen-bond donors (Lipinski definition) is 1. The summed E-state index contributed by atoms with van der Waals surface area (Å²) in [6.07, 6.45) is 5.31. The molecule has 0 aliphatic carbocycles. The molecule has 0 radical (unpaired) electrons. The lowest BCUT2D eigenvalue weighted by Crippen LogP contribution is -2.10. The molecule has 0 bridgehead atoms. The summed E-state index contributed by atoms with van der Waals surface area (Å²) in [5, 5.41) is 12.6. The smallest absolute Gasteiger partial charge is 0.137 e. The molecule has 0 heterocycles. The molecule has 3 heteroatoms. The van der Waals surface area contributed by atoms with E-state index in [1.165, 1.54) is 12.8 Å². The van der Waals surface area contributed by atoms with Gasteiger partial charge in [-0.1, -0.05) is 26.7 Å². The fourth-order valence-electron chi connectivity index (χ4n) is 0.979. The summed E-state index contributed by atoms with van der Waals surface area (Å²) in [7, 11) is 0. The van der Waals surface area contributed by atoms with Crippen molar-refractivity contribution in [3.63, 3.8) is 0 Å². The second-order valence-corrected chi connectivity index (χ2v) is 3.04. The van der Waals surface area contributed by atoms with Gasteiger partial charge in [-0.2, -0.15) is 10.4 Å². The third-order valence-corrected chi connectivity index (χ3v) is 1.72. The first-order chi connectivity index (χ1) is 6.35. The van der Waals surface area contributed by atoms with Gasteiger partial charge in [-0.3, -0.25) is 0 Å². The van der Waals surface area contributed by atoms with Crippen LogP contribution in [0.4, 0.5) is 0 Å². The van der Waals surface area contributed by atoms with Crippen LogP contribution in [0.15, 0.2) is 5.10 Å². The Bertz CT molecular complexity index is 179. The van der Waals surface area contributed by atoms with Crippen LogP contribution in [-0.4, -0.2) is 12.3 Å². The van der Waals surface area contributed by atoms with E-state index in [0.717, 1.165) is 25.8 Å². The first-order valence-electron chi connectivity index (χ1n) is 5.04. The zero-order valence-corrected chi connectivity index (χ0v) is 8.64. The Morgan fingerprint density at radius 2 is 2.08 bits per heavy atom. The maximum absolute atomic E-state index is 8.64. The van der Waals surface area contributed by atoms with Crippen LogP contribution >= 0.6 is 0 Å². The molecule has 0 unspecified atom stereocenters. The number of nitrogens with zero attached hydrogens (tertiary/aromatic N) is 2. The van der Waals surface area contributed by atoms with Gasteiger partial charge < -0.3 is 5.43 Å². The van der Waals surface area contributed by atoms with Gasteiger partial charge in [0, 0.05) is 13.0 Å². The monoisotopic (exact) mass is 181 g/mol. The fraction of sp³-hybridized carbons (Fsp3) is 0.800. The van der Waals surface area contributed by atoms with E-state index >= 15 is 0 Å². The van der Waals surface area contributed by atoms with Gasteiger partial charge in [0.25, 0.3) is 0 Å². The van der Waals surface area contributed by atoms with Crippen molar-refractivity contribution in [1.29, 1.82) is 5.26 Å². The molecule has 0 saturated carbocycles. The number of rotatable bonds is 7. The second kappa shape index (κ2) is 9.05. The van der Waals surface area contributed by atoms with Gasteiger partial charge in [0.1, 0.15) is 11.8 Å². The Morgan fingerprint density at radius 3 is 2.62 bits per heavy atom. The van der Waals surface area contributed by atoms with Crippen LogP contribution in [0.5, 0.6) is 0 Å². The molecule has 0 rings (SSSR count). The number of hydrazone groups is 1. The molecule has 0 aromatic carbocycles. The molecule has 13 heavy (non-hydrogen) atoms. The summed E-state index contributed by atoms with van der Waals surface area (Å²) in [6, 6.07) is 2.08. The molecule has 0 saturated heterocycles. The highest BCUT2D eigenvalue weighted by Crippen LogP contribution is 1.92. The molecule has 0 amide bonds. The van der Waals surface area contributed by atoms with Crippen molar-refractivity contribution in [3.8, 4) is 6.07 Å². The van der Waals surface area contributed by atoms with Crippen molar-refractivity contribution in [2.45, 2.75) is 46.0 Å². The van der Waals surface area contributed by atoms with Crippen LogP contribution in [0.25, 0.3) is 0 Å². The van der Waals surface area contributed by atoms with Gasteiger partial charge in [0.2, 0.25) is 0 Å². The lowest BCUT2D eigenvalue weighted by molar-refractivity contribution is 0.638. The number of nitrogens with one attached hydrogen (secondary N) is 1. The van der Waals surface area contributed by atoms with Crippen LogP contribution in [-0.2, 0) is 0 Å². The van der Waals surface area contributed by atoms with Gasteiger partial charge >= 0.3 is 0 Å². The Balaban J connectivity index is 3.50. The Kier molecular flexibility index (Phi) is 8.33. The van der Waals surface area contributed by atoms with Gasteiger partial charge in [-0.25, -0.2) is 0 Å². The standard InChI is InChI=1S/C10H19N3/c1-3-5-6-8-12-13-10(9-11)7-4-2/h12H,3-8H2,1-2H3/b13-10+. The summed E-state index contributed by atoms with van der Waals surface area (Å²) in [5.41, 5.74) is 3.53. The Labute approximate surface area is 80.8 Å². The predicted octanol–water partition coefficient (Wildman–Crippen LogP) is 2.45. The Hall–Kier alpha value is -1.04. The van der Waals surface area contributed by atoms with Crippen LogP contribution in [0.3, 0.4) is 0 Å². The second-order valence-electron chi connectivity index (χ2n) is 3.04. The maximum Gasteiger partial charge on any atom is 0.137 e. The average molecular weight is 181 g/mol. The topological polar surface area (TPSA) is 48.2 Å². The molecular weight excluding hydrogens is 162 g/mol. The largest absolute Gasteiger partial charge is 0.309 e. The van der Waals surface area contributed by atoms with Crippen molar-refractivity contribution in [2.75, 3.05) is 6.54 Å². The van der Waals surface area contributed by atoms with Crippen molar-refractivity contribution in [2.24, 2.45) is 5.10 Å².